The van der Waals surface area contributed by atoms with Crippen LogP contribution >= 0.6 is 0 Å². The zero-order chi connectivity index (χ0) is 11.1. The third-order valence-electron chi connectivity index (χ3n) is 2.97. The molecular formula is C11H20N2O2. The fourth-order valence-corrected chi connectivity index (χ4v) is 2.19. The zero-order valence-corrected chi connectivity index (χ0v) is 9.67. The molecule has 1 aliphatic carbocycles. The highest BCUT2D eigenvalue weighted by Crippen LogP contribution is 2.42. The maximum absolute atomic E-state index is 11.5. The summed E-state index contributed by atoms with van der Waals surface area (Å²) in [5.74, 6) is 1.46. The first kappa shape index (κ1) is 10.7. The number of hydrogen-bond acceptors (Lipinski definition) is 3. The molecule has 1 amide bonds. The van der Waals surface area contributed by atoms with Gasteiger partial charge < -0.3 is 15.4 Å². The number of alkyl carbamates (subject to hydrolysis) is 1. The third kappa shape index (κ3) is 2.84. The van der Waals surface area contributed by atoms with Crippen molar-refractivity contribution in [3.05, 3.63) is 0 Å². The molecule has 2 N–H and O–H groups in total. The summed E-state index contributed by atoms with van der Waals surface area (Å²) in [6.45, 7) is 7.63. The minimum absolute atomic E-state index is 0.263. The molecule has 0 aromatic carbocycles. The molecule has 4 heteroatoms. The third-order valence-corrected chi connectivity index (χ3v) is 2.97. The number of carbonyl (C=O) groups excluding carboxylic acids is 1. The summed E-state index contributed by atoms with van der Waals surface area (Å²) < 4.78 is 5.23. The van der Waals surface area contributed by atoms with Crippen molar-refractivity contribution in [3.63, 3.8) is 0 Å². The van der Waals surface area contributed by atoms with Crippen molar-refractivity contribution in [2.75, 3.05) is 13.1 Å². The van der Waals surface area contributed by atoms with Crippen LogP contribution in [0.5, 0.6) is 0 Å². The van der Waals surface area contributed by atoms with Gasteiger partial charge in [-0.2, -0.15) is 0 Å². The molecule has 0 bridgehead atoms. The quantitative estimate of drug-likeness (QED) is 0.685. The minimum atomic E-state index is -0.408. The van der Waals surface area contributed by atoms with E-state index in [9.17, 15) is 4.79 Å². The number of ether oxygens (including phenoxy) is 1. The second-order valence-electron chi connectivity index (χ2n) is 5.57. The molecular weight excluding hydrogens is 192 g/mol. The van der Waals surface area contributed by atoms with Gasteiger partial charge in [-0.25, -0.2) is 4.79 Å². The Hall–Kier alpha value is -0.770. The van der Waals surface area contributed by atoms with Crippen LogP contribution in [-0.2, 0) is 4.74 Å². The number of nitrogens with one attached hydrogen (secondary N) is 2. The molecule has 4 nitrogen and oxygen atoms in total. The molecule has 2 aliphatic rings. The largest absolute Gasteiger partial charge is 0.444 e. The second-order valence-corrected chi connectivity index (χ2v) is 5.57. The SMILES string of the molecule is CC(C)(C)OC(=O)NC1CNC[C@@H]2CC12. The monoisotopic (exact) mass is 212 g/mol. The normalized spacial score (nSPS) is 34.2. The molecule has 0 radical (unpaired) electrons. The number of hydrogen-bond donors (Lipinski definition) is 2. The van der Waals surface area contributed by atoms with Crippen LogP contribution in [0.25, 0.3) is 0 Å². The first-order chi connectivity index (χ1) is 6.96. The lowest BCUT2D eigenvalue weighted by atomic mass is 10.1. The lowest BCUT2D eigenvalue weighted by molar-refractivity contribution is 0.0492. The summed E-state index contributed by atoms with van der Waals surface area (Å²) in [5, 5.41) is 6.27. The van der Waals surface area contributed by atoms with E-state index in [0.29, 0.717) is 5.92 Å². The molecule has 15 heavy (non-hydrogen) atoms. The van der Waals surface area contributed by atoms with Gasteiger partial charge in [0.05, 0.1) is 0 Å². The van der Waals surface area contributed by atoms with Crippen molar-refractivity contribution in [2.45, 2.75) is 38.8 Å². The van der Waals surface area contributed by atoms with Crippen molar-refractivity contribution in [1.82, 2.24) is 10.6 Å². The topological polar surface area (TPSA) is 50.4 Å². The summed E-state index contributed by atoms with van der Waals surface area (Å²) >= 11 is 0. The fraction of sp³-hybridized carbons (Fsp3) is 0.909. The molecule has 2 rings (SSSR count). The van der Waals surface area contributed by atoms with E-state index >= 15 is 0 Å². The van der Waals surface area contributed by atoms with E-state index in [1.165, 1.54) is 6.42 Å². The summed E-state index contributed by atoms with van der Waals surface area (Å²) in [6.07, 6.45) is 0.954. The van der Waals surface area contributed by atoms with Gasteiger partial charge in [-0.15, -0.1) is 0 Å². The summed E-state index contributed by atoms with van der Waals surface area (Å²) in [7, 11) is 0. The van der Waals surface area contributed by atoms with E-state index in [1.54, 1.807) is 0 Å². The summed E-state index contributed by atoms with van der Waals surface area (Å²) in [5.41, 5.74) is -0.408. The van der Waals surface area contributed by atoms with Crippen LogP contribution < -0.4 is 10.6 Å². The zero-order valence-electron chi connectivity index (χ0n) is 9.67. The van der Waals surface area contributed by atoms with Crippen LogP contribution in [0.2, 0.25) is 0 Å². The molecule has 0 aromatic rings. The van der Waals surface area contributed by atoms with E-state index in [1.807, 2.05) is 20.8 Å². The lowest BCUT2D eigenvalue weighted by Crippen LogP contribution is -2.48. The Kier molecular flexibility index (Phi) is 2.63. The number of carbonyl (C=O) groups is 1. The summed E-state index contributed by atoms with van der Waals surface area (Å²) in [6, 6.07) is 0.263. The van der Waals surface area contributed by atoms with Crippen molar-refractivity contribution < 1.29 is 9.53 Å². The van der Waals surface area contributed by atoms with Crippen molar-refractivity contribution >= 4 is 6.09 Å². The second kappa shape index (κ2) is 3.67. The van der Waals surface area contributed by atoms with Gasteiger partial charge in [-0.1, -0.05) is 0 Å². The van der Waals surface area contributed by atoms with Crippen LogP contribution in [0.15, 0.2) is 0 Å². The van der Waals surface area contributed by atoms with E-state index < -0.39 is 5.60 Å². The molecule has 2 fully saturated rings. The Morgan fingerprint density at radius 3 is 2.80 bits per heavy atom. The molecule has 1 saturated carbocycles. The molecule has 2 unspecified atom stereocenters. The Bertz CT molecular complexity index is 260. The highest BCUT2D eigenvalue weighted by Gasteiger charge is 2.46. The van der Waals surface area contributed by atoms with Crippen LogP contribution in [0.3, 0.4) is 0 Å². The number of piperidine rings is 1. The maximum atomic E-state index is 11.5. The highest BCUT2D eigenvalue weighted by molar-refractivity contribution is 5.68. The van der Waals surface area contributed by atoms with Gasteiger partial charge in [-0.3, -0.25) is 0 Å². The molecule has 0 aromatic heterocycles. The average molecular weight is 212 g/mol. The van der Waals surface area contributed by atoms with Gasteiger partial charge in [0.2, 0.25) is 0 Å². The average Bonchev–Trinajstić information content (AvgIpc) is 2.79. The number of amides is 1. The number of fused-ring (bicyclic) bond motifs is 1. The van der Waals surface area contributed by atoms with Crippen molar-refractivity contribution in [2.24, 2.45) is 11.8 Å². The highest BCUT2D eigenvalue weighted by atomic mass is 16.6. The van der Waals surface area contributed by atoms with Crippen molar-refractivity contribution in [3.8, 4) is 0 Å². The van der Waals surface area contributed by atoms with Crippen LogP contribution in [0, 0.1) is 11.8 Å². The Balaban J connectivity index is 1.79. The van der Waals surface area contributed by atoms with Gasteiger partial charge in [0.25, 0.3) is 0 Å². The maximum Gasteiger partial charge on any atom is 0.407 e. The van der Waals surface area contributed by atoms with Gasteiger partial charge >= 0.3 is 6.09 Å². The Morgan fingerprint density at radius 2 is 2.13 bits per heavy atom. The van der Waals surface area contributed by atoms with Gasteiger partial charge in [0.1, 0.15) is 5.60 Å². The van der Waals surface area contributed by atoms with Gasteiger partial charge in [-0.05, 0) is 45.6 Å². The van der Waals surface area contributed by atoms with Crippen LogP contribution in [0.4, 0.5) is 4.79 Å². The predicted molar refractivity (Wildman–Crippen MR) is 57.6 cm³/mol. The van der Waals surface area contributed by atoms with Crippen molar-refractivity contribution in [1.29, 1.82) is 0 Å². The predicted octanol–water partition coefficient (Wildman–Crippen LogP) is 1.12. The fourth-order valence-electron chi connectivity index (χ4n) is 2.19. The first-order valence-electron chi connectivity index (χ1n) is 5.66. The van der Waals surface area contributed by atoms with Gasteiger partial charge in [0, 0.05) is 12.6 Å². The minimum Gasteiger partial charge on any atom is -0.444 e. The Morgan fingerprint density at radius 1 is 1.40 bits per heavy atom. The van der Waals surface area contributed by atoms with E-state index in [-0.39, 0.29) is 12.1 Å². The lowest BCUT2D eigenvalue weighted by Gasteiger charge is -2.26. The van der Waals surface area contributed by atoms with Crippen LogP contribution in [0.1, 0.15) is 27.2 Å². The number of rotatable bonds is 1. The Labute approximate surface area is 90.8 Å². The smallest absolute Gasteiger partial charge is 0.407 e. The molecule has 0 spiro atoms. The van der Waals surface area contributed by atoms with E-state index in [2.05, 4.69) is 10.6 Å². The van der Waals surface area contributed by atoms with Crippen LogP contribution in [-0.4, -0.2) is 30.8 Å². The van der Waals surface area contributed by atoms with Gasteiger partial charge in [0.15, 0.2) is 0 Å². The first-order valence-corrected chi connectivity index (χ1v) is 5.66. The molecule has 1 heterocycles. The summed E-state index contributed by atoms with van der Waals surface area (Å²) in [4.78, 5) is 11.5. The molecule has 1 aliphatic heterocycles. The standard InChI is InChI=1S/C11H20N2O2/c1-11(2,3)15-10(14)13-9-6-12-5-7-4-8(7)9/h7-9,12H,4-6H2,1-3H3,(H,13,14)/t7-,8?,9?/m0/s1. The molecule has 3 atom stereocenters. The molecule has 1 saturated heterocycles. The van der Waals surface area contributed by atoms with E-state index in [0.717, 1.165) is 19.0 Å². The van der Waals surface area contributed by atoms with E-state index in [4.69, 9.17) is 4.74 Å². The molecule has 86 valence electrons.